The second-order valence-corrected chi connectivity index (χ2v) is 5.05. The predicted octanol–water partition coefficient (Wildman–Crippen LogP) is 3.12. The quantitative estimate of drug-likeness (QED) is 0.867. The normalized spacial score (nSPS) is 16.8. The highest BCUT2D eigenvalue weighted by atomic mass is 35.5. The minimum Gasteiger partial charge on any atom is -0.480 e. The van der Waals surface area contributed by atoms with Gasteiger partial charge in [0.25, 0.3) is 0 Å². The molecule has 0 aromatic heterocycles. The molecule has 1 aliphatic rings. The molecule has 1 atom stereocenters. The average Bonchev–Trinajstić information content (AvgIpc) is 3.07. The van der Waals surface area contributed by atoms with Crippen molar-refractivity contribution in [2.75, 3.05) is 6.54 Å². The summed E-state index contributed by atoms with van der Waals surface area (Å²) in [5, 5.41) is 12.9. The first kappa shape index (κ1) is 12.7. The molecule has 0 amide bonds. The number of nitrogens with one attached hydrogen (secondary N) is 1. The standard InChI is InChI=1S/C12H13Cl2NO2/c13-9-3-1-2-8(10(9)14)11(12(16)17)15-6-7-4-5-7/h1-3,7,11,15H,4-6H2,(H,16,17). The van der Waals surface area contributed by atoms with E-state index < -0.39 is 12.0 Å². The van der Waals surface area contributed by atoms with Gasteiger partial charge in [0.1, 0.15) is 6.04 Å². The molecule has 17 heavy (non-hydrogen) atoms. The summed E-state index contributed by atoms with van der Waals surface area (Å²) in [5.74, 6) is -0.329. The highest BCUT2D eigenvalue weighted by molar-refractivity contribution is 6.42. The van der Waals surface area contributed by atoms with Gasteiger partial charge in [-0.2, -0.15) is 0 Å². The molecule has 1 fully saturated rings. The fraction of sp³-hybridized carbons (Fsp3) is 0.417. The number of benzene rings is 1. The monoisotopic (exact) mass is 273 g/mol. The minimum atomic E-state index is -0.935. The summed E-state index contributed by atoms with van der Waals surface area (Å²) in [6.45, 7) is 0.708. The molecule has 1 aliphatic carbocycles. The van der Waals surface area contributed by atoms with Crippen molar-refractivity contribution in [2.24, 2.45) is 5.92 Å². The van der Waals surface area contributed by atoms with Crippen LogP contribution in [0, 0.1) is 5.92 Å². The van der Waals surface area contributed by atoms with E-state index in [-0.39, 0.29) is 0 Å². The number of carboxylic acids is 1. The largest absolute Gasteiger partial charge is 0.480 e. The van der Waals surface area contributed by atoms with Crippen molar-refractivity contribution < 1.29 is 9.90 Å². The first-order valence-electron chi connectivity index (χ1n) is 5.49. The highest BCUT2D eigenvalue weighted by Crippen LogP contribution is 2.32. The van der Waals surface area contributed by atoms with Crippen molar-refractivity contribution in [2.45, 2.75) is 18.9 Å². The third kappa shape index (κ3) is 3.12. The lowest BCUT2D eigenvalue weighted by atomic mass is 10.1. The van der Waals surface area contributed by atoms with Gasteiger partial charge in [0, 0.05) is 5.56 Å². The van der Waals surface area contributed by atoms with Gasteiger partial charge in [0.2, 0.25) is 0 Å². The summed E-state index contributed by atoms with van der Waals surface area (Å²) in [6.07, 6.45) is 2.34. The molecule has 1 unspecified atom stereocenters. The molecule has 0 aliphatic heterocycles. The Hall–Kier alpha value is -0.770. The van der Waals surface area contributed by atoms with Gasteiger partial charge in [0.15, 0.2) is 0 Å². The minimum absolute atomic E-state index is 0.310. The Morgan fingerprint density at radius 2 is 2.18 bits per heavy atom. The fourth-order valence-corrected chi connectivity index (χ4v) is 2.10. The van der Waals surface area contributed by atoms with Gasteiger partial charge in [-0.25, -0.2) is 0 Å². The van der Waals surface area contributed by atoms with E-state index in [0.717, 1.165) is 0 Å². The van der Waals surface area contributed by atoms with Crippen LogP contribution in [0.2, 0.25) is 10.0 Å². The summed E-state index contributed by atoms with van der Waals surface area (Å²) in [5.41, 5.74) is 0.521. The number of carboxylic acid groups (broad SMARTS) is 1. The average molecular weight is 274 g/mol. The van der Waals surface area contributed by atoms with E-state index >= 15 is 0 Å². The van der Waals surface area contributed by atoms with Crippen LogP contribution in [0.4, 0.5) is 0 Å². The van der Waals surface area contributed by atoms with Crippen LogP contribution >= 0.6 is 23.2 Å². The van der Waals surface area contributed by atoms with Crippen molar-refractivity contribution in [3.05, 3.63) is 33.8 Å². The number of aliphatic carboxylic acids is 1. The summed E-state index contributed by atoms with van der Waals surface area (Å²) in [6, 6.07) is 4.25. The summed E-state index contributed by atoms with van der Waals surface area (Å²) < 4.78 is 0. The molecule has 1 saturated carbocycles. The van der Waals surface area contributed by atoms with Gasteiger partial charge in [-0.15, -0.1) is 0 Å². The maximum atomic E-state index is 11.2. The molecule has 2 rings (SSSR count). The van der Waals surface area contributed by atoms with Crippen molar-refractivity contribution in [3.8, 4) is 0 Å². The number of hydrogen-bond donors (Lipinski definition) is 2. The molecule has 1 aromatic rings. The topological polar surface area (TPSA) is 49.3 Å². The third-order valence-electron chi connectivity index (χ3n) is 2.85. The number of hydrogen-bond acceptors (Lipinski definition) is 2. The molecule has 5 heteroatoms. The molecular weight excluding hydrogens is 261 g/mol. The van der Waals surface area contributed by atoms with Crippen molar-refractivity contribution in [1.29, 1.82) is 0 Å². The lowest BCUT2D eigenvalue weighted by Crippen LogP contribution is -2.30. The molecule has 0 spiro atoms. The Kier molecular flexibility index (Phi) is 3.92. The van der Waals surface area contributed by atoms with Crippen LogP contribution in [0.15, 0.2) is 18.2 Å². The summed E-state index contributed by atoms with van der Waals surface area (Å²) >= 11 is 11.9. The number of halogens is 2. The van der Waals surface area contributed by atoms with Crippen LogP contribution in [-0.2, 0) is 4.79 Å². The molecule has 0 heterocycles. The summed E-state index contributed by atoms with van der Waals surface area (Å²) in [4.78, 5) is 11.2. The number of carbonyl (C=O) groups is 1. The van der Waals surface area contributed by atoms with Gasteiger partial charge < -0.3 is 10.4 Å². The van der Waals surface area contributed by atoms with Gasteiger partial charge in [-0.3, -0.25) is 4.79 Å². The molecule has 92 valence electrons. The van der Waals surface area contributed by atoms with Gasteiger partial charge in [-0.05, 0) is 31.4 Å². The zero-order chi connectivity index (χ0) is 12.4. The Morgan fingerprint density at radius 3 is 2.76 bits per heavy atom. The summed E-state index contributed by atoms with van der Waals surface area (Å²) in [7, 11) is 0. The Bertz CT molecular complexity index is 433. The molecule has 0 radical (unpaired) electrons. The molecule has 0 saturated heterocycles. The van der Waals surface area contributed by atoms with E-state index in [4.69, 9.17) is 23.2 Å². The molecule has 0 bridgehead atoms. The fourth-order valence-electron chi connectivity index (χ4n) is 1.68. The highest BCUT2D eigenvalue weighted by Gasteiger charge is 2.27. The number of rotatable bonds is 5. The molecular formula is C12H13Cl2NO2. The molecule has 3 nitrogen and oxygen atoms in total. The van der Waals surface area contributed by atoms with E-state index in [1.54, 1.807) is 18.2 Å². The maximum Gasteiger partial charge on any atom is 0.325 e. The zero-order valence-corrected chi connectivity index (χ0v) is 10.6. The van der Waals surface area contributed by atoms with Crippen LogP contribution in [0.25, 0.3) is 0 Å². The van der Waals surface area contributed by atoms with Crippen LogP contribution in [0.1, 0.15) is 24.4 Å². The Balaban J connectivity index is 2.18. The smallest absolute Gasteiger partial charge is 0.325 e. The first-order chi connectivity index (χ1) is 8.09. The molecule has 1 aromatic carbocycles. The third-order valence-corrected chi connectivity index (χ3v) is 3.68. The zero-order valence-electron chi connectivity index (χ0n) is 9.12. The van der Waals surface area contributed by atoms with Crippen LogP contribution in [-0.4, -0.2) is 17.6 Å². The second kappa shape index (κ2) is 5.25. The van der Waals surface area contributed by atoms with Crippen molar-refractivity contribution in [1.82, 2.24) is 5.32 Å². The van der Waals surface area contributed by atoms with E-state index in [1.165, 1.54) is 12.8 Å². The van der Waals surface area contributed by atoms with Crippen LogP contribution < -0.4 is 5.32 Å². The molecule has 2 N–H and O–H groups in total. The van der Waals surface area contributed by atoms with Crippen LogP contribution in [0.3, 0.4) is 0 Å². The lowest BCUT2D eigenvalue weighted by Gasteiger charge is -2.16. The van der Waals surface area contributed by atoms with Crippen molar-refractivity contribution >= 4 is 29.2 Å². The second-order valence-electron chi connectivity index (χ2n) is 4.27. The van der Waals surface area contributed by atoms with E-state index in [1.807, 2.05) is 0 Å². The van der Waals surface area contributed by atoms with Gasteiger partial charge in [0.05, 0.1) is 10.0 Å². The first-order valence-corrected chi connectivity index (χ1v) is 6.25. The van der Waals surface area contributed by atoms with E-state index in [9.17, 15) is 9.90 Å². The lowest BCUT2D eigenvalue weighted by molar-refractivity contribution is -0.139. The van der Waals surface area contributed by atoms with Crippen molar-refractivity contribution in [3.63, 3.8) is 0 Å². The predicted molar refractivity (Wildman–Crippen MR) is 67.6 cm³/mol. The Labute approximate surface area is 110 Å². The van der Waals surface area contributed by atoms with E-state index in [2.05, 4.69) is 5.32 Å². The van der Waals surface area contributed by atoms with Crippen LogP contribution in [0.5, 0.6) is 0 Å². The Morgan fingerprint density at radius 1 is 1.47 bits per heavy atom. The SMILES string of the molecule is O=C(O)C(NCC1CC1)c1cccc(Cl)c1Cl. The van der Waals surface area contributed by atoms with Gasteiger partial charge in [-0.1, -0.05) is 35.3 Å². The maximum absolute atomic E-state index is 11.2. The van der Waals surface area contributed by atoms with Gasteiger partial charge >= 0.3 is 5.97 Å². The van der Waals surface area contributed by atoms with E-state index in [0.29, 0.717) is 28.1 Å².